The quantitative estimate of drug-likeness (QED) is 0.700. The maximum atomic E-state index is 4.51. The third kappa shape index (κ3) is 1.46. The summed E-state index contributed by atoms with van der Waals surface area (Å²) < 4.78 is 0. The van der Waals surface area contributed by atoms with Crippen molar-refractivity contribution < 1.29 is 0 Å². The number of hydrogen-bond donors (Lipinski definition) is 0. The van der Waals surface area contributed by atoms with Crippen LogP contribution in [0.15, 0.2) is 36.5 Å². The molecule has 0 N–H and O–H groups in total. The fraction of sp³-hybridized carbons (Fsp3) is 0.308. The maximum absolute atomic E-state index is 4.51. The highest BCUT2D eigenvalue weighted by molar-refractivity contribution is 5.92. The molecule has 15 heavy (non-hydrogen) atoms. The van der Waals surface area contributed by atoms with Gasteiger partial charge >= 0.3 is 0 Å². The summed E-state index contributed by atoms with van der Waals surface area (Å²) in [5.74, 6) is 1.16. The first-order chi connectivity index (χ1) is 7.45. The van der Waals surface area contributed by atoms with Crippen LogP contribution in [-0.2, 0) is 0 Å². The molecule has 1 saturated heterocycles. The zero-order valence-corrected chi connectivity index (χ0v) is 8.69. The van der Waals surface area contributed by atoms with Crippen molar-refractivity contribution in [3.63, 3.8) is 0 Å². The lowest BCUT2D eigenvalue weighted by Crippen LogP contribution is -2.19. The average Bonchev–Trinajstić information content (AvgIpc) is 2.82. The second-order valence-corrected chi connectivity index (χ2v) is 4.05. The Morgan fingerprint density at radius 1 is 1.00 bits per heavy atom. The van der Waals surface area contributed by atoms with Crippen molar-refractivity contribution in [2.24, 2.45) is 0 Å². The van der Waals surface area contributed by atoms with Gasteiger partial charge in [-0.3, -0.25) is 0 Å². The van der Waals surface area contributed by atoms with E-state index in [2.05, 4.69) is 40.2 Å². The molecule has 2 aromatic rings. The SMILES string of the molecule is c1ccc2c(N3CCCC3)nccc2c1. The van der Waals surface area contributed by atoms with E-state index in [-0.39, 0.29) is 0 Å². The topological polar surface area (TPSA) is 16.1 Å². The van der Waals surface area contributed by atoms with Gasteiger partial charge in [0.25, 0.3) is 0 Å². The second kappa shape index (κ2) is 3.54. The first-order valence-corrected chi connectivity index (χ1v) is 5.54. The van der Waals surface area contributed by atoms with Crippen molar-refractivity contribution in [1.82, 2.24) is 4.98 Å². The third-order valence-electron chi connectivity index (χ3n) is 3.06. The molecule has 0 radical (unpaired) electrons. The Balaban J connectivity index is 2.16. The Bertz CT molecular complexity index is 467. The molecule has 1 fully saturated rings. The van der Waals surface area contributed by atoms with Crippen LogP contribution in [0.3, 0.4) is 0 Å². The summed E-state index contributed by atoms with van der Waals surface area (Å²) >= 11 is 0. The molecule has 0 saturated carbocycles. The van der Waals surface area contributed by atoms with Gasteiger partial charge in [0.2, 0.25) is 0 Å². The van der Waals surface area contributed by atoms with Crippen LogP contribution in [0, 0.1) is 0 Å². The van der Waals surface area contributed by atoms with Crippen molar-refractivity contribution in [3.05, 3.63) is 36.5 Å². The smallest absolute Gasteiger partial charge is 0.136 e. The van der Waals surface area contributed by atoms with E-state index in [1.165, 1.54) is 23.6 Å². The van der Waals surface area contributed by atoms with E-state index in [1.54, 1.807) is 0 Å². The fourth-order valence-corrected chi connectivity index (χ4v) is 2.28. The van der Waals surface area contributed by atoms with Gasteiger partial charge in [0.15, 0.2) is 0 Å². The molecule has 3 rings (SSSR count). The zero-order valence-electron chi connectivity index (χ0n) is 8.69. The summed E-state index contributed by atoms with van der Waals surface area (Å²) in [7, 11) is 0. The van der Waals surface area contributed by atoms with Gasteiger partial charge in [-0.25, -0.2) is 4.98 Å². The lowest BCUT2D eigenvalue weighted by Gasteiger charge is -2.18. The molecule has 0 atom stereocenters. The minimum atomic E-state index is 1.15. The molecule has 0 amide bonds. The van der Waals surface area contributed by atoms with Crippen LogP contribution in [-0.4, -0.2) is 18.1 Å². The first-order valence-electron chi connectivity index (χ1n) is 5.54. The molecule has 1 aromatic heterocycles. The predicted octanol–water partition coefficient (Wildman–Crippen LogP) is 2.84. The summed E-state index contributed by atoms with van der Waals surface area (Å²) in [6.07, 6.45) is 4.51. The van der Waals surface area contributed by atoms with E-state index in [1.807, 2.05) is 6.20 Å². The van der Waals surface area contributed by atoms with E-state index in [9.17, 15) is 0 Å². The molecule has 76 valence electrons. The van der Waals surface area contributed by atoms with Crippen LogP contribution in [0.25, 0.3) is 10.8 Å². The molecule has 2 heteroatoms. The normalized spacial score (nSPS) is 16.1. The number of rotatable bonds is 1. The van der Waals surface area contributed by atoms with Gasteiger partial charge < -0.3 is 4.90 Å². The monoisotopic (exact) mass is 198 g/mol. The molecule has 0 spiro atoms. The summed E-state index contributed by atoms with van der Waals surface area (Å²) in [6.45, 7) is 2.31. The van der Waals surface area contributed by atoms with Crippen LogP contribution in [0.2, 0.25) is 0 Å². The lowest BCUT2D eigenvalue weighted by molar-refractivity contribution is 0.946. The van der Waals surface area contributed by atoms with Crippen molar-refractivity contribution in [2.75, 3.05) is 18.0 Å². The Labute approximate surface area is 89.5 Å². The minimum Gasteiger partial charge on any atom is -0.356 e. The van der Waals surface area contributed by atoms with Crippen LogP contribution in [0.4, 0.5) is 5.82 Å². The molecular weight excluding hydrogens is 184 g/mol. The number of hydrogen-bond acceptors (Lipinski definition) is 2. The van der Waals surface area contributed by atoms with Gasteiger partial charge in [-0.1, -0.05) is 24.3 Å². The molecule has 2 heterocycles. The van der Waals surface area contributed by atoms with E-state index >= 15 is 0 Å². The van der Waals surface area contributed by atoms with E-state index in [4.69, 9.17) is 0 Å². The molecule has 1 aliphatic heterocycles. The van der Waals surface area contributed by atoms with Crippen molar-refractivity contribution in [1.29, 1.82) is 0 Å². The van der Waals surface area contributed by atoms with Crippen LogP contribution < -0.4 is 4.90 Å². The lowest BCUT2D eigenvalue weighted by atomic mass is 10.1. The number of pyridine rings is 1. The molecule has 1 aliphatic rings. The Kier molecular flexibility index (Phi) is 2.05. The number of benzene rings is 1. The van der Waals surface area contributed by atoms with Gasteiger partial charge in [0.1, 0.15) is 5.82 Å². The molecule has 1 aromatic carbocycles. The Morgan fingerprint density at radius 3 is 2.67 bits per heavy atom. The molecule has 2 nitrogen and oxygen atoms in total. The van der Waals surface area contributed by atoms with Crippen molar-refractivity contribution in [3.8, 4) is 0 Å². The second-order valence-electron chi connectivity index (χ2n) is 4.05. The minimum absolute atomic E-state index is 1.15. The summed E-state index contributed by atoms with van der Waals surface area (Å²) in [6, 6.07) is 10.6. The highest BCUT2D eigenvalue weighted by Gasteiger charge is 2.15. The van der Waals surface area contributed by atoms with Gasteiger partial charge in [-0.15, -0.1) is 0 Å². The average molecular weight is 198 g/mol. The number of aromatic nitrogens is 1. The zero-order chi connectivity index (χ0) is 10.1. The highest BCUT2D eigenvalue weighted by Crippen LogP contribution is 2.26. The van der Waals surface area contributed by atoms with E-state index < -0.39 is 0 Å². The van der Waals surface area contributed by atoms with Gasteiger partial charge in [-0.05, 0) is 24.3 Å². The van der Waals surface area contributed by atoms with Crippen LogP contribution in [0.1, 0.15) is 12.8 Å². The fourth-order valence-electron chi connectivity index (χ4n) is 2.28. The standard InChI is InChI=1S/C13H14N2/c1-2-6-12-11(5-1)7-8-14-13(12)15-9-3-4-10-15/h1-2,5-8H,3-4,9-10H2. The number of anilines is 1. The Hall–Kier alpha value is -1.57. The summed E-state index contributed by atoms with van der Waals surface area (Å²) in [5.41, 5.74) is 0. The van der Waals surface area contributed by atoms with Gasteiger partial charge in [0.05, 0.1) is 0 Å². The highest BCUT2D eigenvalue weighted by atomic mass is 15.2. The van der Waals surface area contributed by atoms with Gasteiger partial charge in [-0.2, -0.15) is 0 Å². The predicted molar refractivity (Wildman–Crippen MR) is 63.2 cm³/mol. The van der Waals surface area contributed by atoms with E-state index in [0.717, 1.165) is 18.9 Å². The van der Waals surface area contributed by atoms with Crippen molar-refractivity contribution in [2.45, 2.75) is 12.8 Å². The van der Waals surface area contributed by atoms with Crippen LogP contribution in [0.5, 0.6) is 0 Å². The largest absolute Gasteiger partial charge is 0.356 e. The van der Waals surface area contributed by atoms with Crippen LogP contribution >= 0.6 is 0 Å². The number of nitrogens with zero attached hydrogens (tertiary/aromatic N) is 2. The first kappa shape index (κ1) is 8.72. The summed E-state index contributed by atoms with van der Waals surface area (Å²) in [4.78, 5) is 6.91. The molecule has 0 bridgehead atoms. The molecular formula is C13H14N2. The maximum Gasteiger partial charge on any atom is 0.136 e. The van der Waals surface area contributed by atoms with Crippen molar-refractivity contribution >= 4 is 16.6 Å². The number of fused-ring (bicyclic) bond motifs is 1. The van der Waals surface area contributed by atoms with E-state index in [0.29, 0.717) is 0 Å². The van der Waals surface area contributed by atoms with Gasteiger partial charge in [0, 0.05) is 24.7 Å². The summed E-state index contributed by atoms with van der Waals surface area (Å²) in [5, 5.41) is 2.57. The Morgan fingerprint density at radius 2 is 1.80 bits per heavy atom. The molecule has 0 unspecified atom stereocenters. The molecule has 0 aliphatic carbocycles. The third-order valence-corrected chi connectivity index (χ3v) is 3.06.